The Morgan fingerprint density at radius 1 is 1.17 bits per heavy atom. The van der Waals surface area contributed by atoms with E-state index in [0.717, 1.165) is 44.3 Å². The molecule has 0 bridgehead atoms. The summed E-state index contributed by atoms with van der Waals surface area (Å²) < 4.78 is 3.64. The van der Waals surface area contributed by atoms with Crippen molar-refractivity contribution < 1.29 is 4.79 Å². The van der Waals surface area contributed by atoms with Gasteiger partial charge in [-0.1, -0.05) is 37.2 Å². The topological polar surface area (TPSA) is 72.5 Å². The molecule has 1 aromatic carbocycles. The number of amides is 1. The van der Waals surface area contributed by atoms with E-state index in [1.54, 1.807) is 4.57 Å². The standard InChI is InChI=1S/C21H27N5O2S/c1-3-4-14-25-19(28)16-10-6-7-11-17(16)26-20(25)22-23-21(26)29-15(2)18(27)24-12-8-5-9-13-24/h6-7,10-11,15H,3-5,8-9,12-14H2,1-2H3/t15-/m0/s1. The highest BCUT2D eigenvalue weighted by molar-refractivity contribution is 8.00. The van der Waals surface area contributed by atoms with Gasteiger partial charge in [0, 0.05) is 19.6 Å². The Hall–Kier alpha value is -2.35. The van der Waals surface area contributed by atoms with E-state index in [1.807, 2.05) is 40.5 Å². The van der Waals surface area contributed by atoms with Gasteiger partial charge in [0.25, 0.3) is 5.56 Å². The van der Waals surface area contributed by atoms with E-state index < -0.39 is 0 Å². The monoisotopic (exact) mass is 413 g/mol. The number of carbonyl (C=O) groups excluding carboxylic acids is 1. The fourth-order valence-corrected chi connectivity index (χ4v) is 4.85. The largest absolute Gasteiger partial charge is 0.342 e. The summed E-state index contributed by atoms with van der Waals surface area (Å²) in [5.74, 6) is 0.692. The smallest absolute Gasteiger partial charge is 0.262 e. The predicted octanol–water partition coefficient (Wildman–Crippen LogP) is 3.34. The van der Waals surface area contributed by atoms with Gasteiger partial charge in [-0.2, -0.15) is 0 Å². The van der Waals surface area contributed by atoms with Gasteiger partial charge < -0.3 is 4.90 Å². The van der Waals surface area contributed by atoms with Crippen molar-refractivity contribution in [2.24, 2.45) is 0 Å². The van der Waals surface area contributed by atoms with Crippen LogP contribution in [0.25, 0.3) is 16.7 Å². The first-order valence-corrected chi connectivity index (χ1v) is 11.3. The Bertz CT molecular complexity index is 1080. The number of fused-ring (bicyclic) bond motifs is 3. The van der Waals surface area contributed by atoms with Crippen molar-refractivity contribution in [3.8, 4) is 0 Å². The summed E-state index contributed by atoms with van der Waals surface area (Å²) in [5.41, 5.74) is 0.744. The summed E-state index contributed by atoms with van der Waals surface area (Å²) in [4.78, 5) is 27.8. The maximum absolute atomic E-state index is 13.0. The van der Waals surface area contributed by atoms with Gasteiger partial charge in [-0.3, -0.25) is 18.6 Å². The van der Waals surface area contributed by atoms with Crippen molar-refractivity contribution in [3.05, 3.63) is 34.6 Å². The van der Waals surface area contributed by atoms with Gasteiger partial charge in [0.1, 0.15) is 0 Å². The number of nitrogens with zero attached hydrogens (tertiary/aromatic N) is 5. The minimum Gasteiger partial charge on any atom is -0.342 e. The molecule has 3 aromatic rings. The number of carbonyl (C=O) groups is 1. The number of hydrogen-bond acceptors (Lipinski definition) is 5. The zero-order valence-corrected chi connectivity index (χ0v) is 17.8. The fourth-order valence-electron chi connectivity index (χ4n) is 3.91. The predicted molar refractivity (Wildman–Crippen MR) is 115 cm³/mol. The van der Waals surface area contributed by atoms with Crippen molar-refractivity contribution in [3.63, 3.8) is 0 Å². The Kier molecular flexibility index (Phi) is 5.89. The molecule has 29 heavy (non-hydrogen) atoms. The van der Waals surface area contributed by atoms with Crippen LogP contribution in [0, 0.1) is 0 Å². The molecule has 0 unspecified atom stereocenters. The van der Waals surface area contributed by atoms with Crippen molar-refractivity contribution in [1.82, 2.24) is 24.1 Å². The van der Waals surface area contributed by atoms with Gasteiger partial charge in [-0.25, -0.2) is 0 Å². The molecule has 1 amide bonds. The molecular weight excluding hydrogens is 386 g/mol. The van der Waals surface area contributed by atoms with Crippen molar-refractivity contribution in [1.29, 1.82) is 0 Å². The first-order valence-electron chi connectivity index (χ1n) is 10.4. The van der Waals surface area contributed by atoms with Gasteiger partial charge >= 0.3 is 0 Å². The van der Waals surface area contributed by atoms with Crippen LogP contribution in [0.4, 0.5) is 0 Å². The SMILES string of the molecule is CCCCn1c(=O)c2ccccc2n2c(S[C@@H](C)C(=O)N3CCCCC3)nnc12. The highest BCUT2D eigenvalue weighted by Crippen LogP contribution is 2.27. The quantitative estimate of drug-likeness (QED) is 0.580. The number of likely N-dealkylation sites (tertiary alicyclic amines) is 1. The number of hydrogen-bond donors (Lipinski definition) is 0. The maximum atomic E-state index is 13.0. The molecule has 1 saturated heterocycles. The molecular formula is C21H27N5O2S. The summed E-state index contributed by atoms with van der Waals surface area (Å²) in [7, 11) is 0. The molecule has 7 nitrogen and oxygen atoms in total. The molecule has 154 valence electrons. The lowest BCUT2D eigenvalue weighted by Crippen LogP contribution is -2.40. The van der Waals surface area contributed by atoms with Crippen LogP contribution in [0.5, 0.6) is 0 Å². The number of rotatable bonds is 6. The lowest BCUT2D eigenvalue weighted by molar-refractivity contribution is -0.131. The number of aryl methyl sites for hydroxylation is 1. The number of thioether (sulfide) groups is 1. The lowest BCUT2D eigenvalue weighted by atomic mass is 10.1. The zero-order valence-electron chi connectivity index (χ0n) is 17.0. The second kappa shape index (κ2) is 8.57. The molecule has 0 radical (unpaired) electrons. The molecule has 1 aliphatic rings. The summed E-state index contributed by atoms with van der Waals surface area (Å²) in [6.07, 6.45) is 5.23. The Balaban J connectivity index is 1.74. The Morgan fingerprint density at radius 3 is 2.69 bits per heavy atom. The third-order valence-electron chi connectivity index (χ3n) is 5.51. The first-order chi connectivity index (χ1) is 14.1. The molecule has 0 spiro atoms. The summed E-state index contributed by atoms with van der Waals surface area (Å²) >= 11 is 1.42. The minimum absolute atomic E-state index is 0.0389. The van der Waals surface area contributed by atoms with Crippen molar-refractivity contribution in [2.75, 3.05) is 13.1 Å². The van der Waals surface area contributed by atoms with E-state index in [9.17, 15) is 9.59 Å². The van der Waals surface area contributed by atoms with E-state index in [1.165, 1.54) is 18.2 Å². The van der Waals surface area contributed by atoms with Crippen molar-refractivity contribution in [2.45, 2.75) is 62.9 Å². The molecule has 3 heterocycles. The number of unbranched alkanes of at least 4 members (excludes halogenated alkanes) is 1. The highest BCUT2D eigenvalue weighted by atomic mass is 32.2. The fraction of sp³-hybridized carbons (Fsp3) is 0.524. The van der Waals surface area contributed by atoms with Crippen LogP contribution in [0.1, 0.15) is 46.0 Å². The average Bonchev–Trinajstić information content (AvgIpc) is 3.17. The number of benzene rings is 1. The molecule has 4 rings (SSSR count). The Morgan fingerprint density at radius 2 is 1.93 bits per heavy atom. The van der Waals surface area contributed by atoms with Crippen molar-refractivity contribution >= 4 is 34.3 Å². The number of piperidine rings is 1. The normalized spacial score (nSPS) is 15.9. The second-order valence-corrected chi connectivity index (χ2v) is 8.90. The third-order valence-corrected chi connectivity index (χ3v) is 6.54. The van der Waals surface area contributed by atoms with E-state index in [4.69, 9.17) is 0 Å². The van der Waals surface area contributed by atoms with Crippen LogP contribution in [-0.4, -0.2) is 48.3 Å². The van der Waals surface area contributed by atoms with E-state index in [2.05, 4.69) is 17.1 Å². The molecule has 0 N–H and O–H groups in total. The highest BCUT2D eigenvalue weighted by Gasteiger charge is 2.25. The van der Waals surface area contributed by atoms with E-state index >= 15 is 0 Å². The van der Waals surface area contributed by atoms with Crippen LogP contribution in [-0.2, 0) is 11.3 Å². The van der Waals surface area contributed by atoms with Crippen LogP contribution in [0.3, 0.4) is 0 Å². The van der Waals surface area contributed by atoms with Crippen LogP contribution < -0.4 is 5.56 Å². The van der Waals surface area contributed by atoms with Crippen LogP contribution in [0.2, 0.25) is 0 Å². The maximum Gasteiger partial charge on any atom is 0.262 e. The number of para-hydroxylation sites is 1. The number of aromatic nitrogens is 4. The molecule has 1 atom stereocenters. The van der Waals surface area contributed by atoms with E-state index in [-0.39, 0.29) is 16.7 Å². The summed E-state index contributed by atoms with van der Waals surface area (Å²) in [6.45, 7) is 6.31. The first kappa shape index (κ1) is 19.9. The van der Waals surface area contributed by atoms with Gasteiger partial charge in [0.2, 0.25) is 11.7 Å². The van der Waals surface area contributed by atoms with Gasteiger partial charge in [0.05, 0.1) is 16.2 Å². The van der Waals surface area contributed by atoms with Crippen LogP contribution >= 0.6 is 11.8 Å². The Labute approximate surface area is 174 Å². The second-order valence-electron chi connectivity index (χ2n) is 7.59. The lowest BCUT2D eigenvalue weighted by Gasteiger charge is -2.28. The third kappa shape index (κ3) is 3.77. The molecule has 8 heteroatoms. The van der Waals surface area contributed by atoms with Gasteiger partial charge in [-0.05, 0) is 44.7 Å². The summed E-state index contributed by atoms with van der Waals surface area (Å²) in [6, 6.07) is 7.54. The molecule has 1 aliphatic heterocycles. The summed E-state index contributed by atoms with van der Waals surface area (Å²) in [5, 5.41) is 9.75. The molecule has 0 aliphatic carbocycles. The van der Waals surface area contributed by atoms with E-state index in [0.29, 0.717) is 22.9 Å². The average molecular weight is 414 g/mol. The van der Waals surface area contributed by atoms with Crippen LogP contribution in [0.15, 0.2) is 34.2 Å². The minimum atomic E-state index is -0.254. The molecule has 1 fully saturated rings. The molecule has 2 aromatic heterocycles. The zero-order chi connectivity index (χ0) is 20.4. The van der Waals surface area contributed by atoms with Gasteiger partial charge in [0.15, 0.2) is 5.16 Å². The molecule has 0 saturated carbocycles. The van der Waals surface area contributed by atoms with Gasteiger partial charge in [-0.15, -0.1) is 10.2 Å².